The number of carboxylic acids is 1. The monoisotopic (exact) mass is 641 g/mol. The van der Waals surface area contributed by atoms with Gasteiger partial charge in [-0.25, -0.2) is 4.79 Å². The van der Waals surface area contributed by atoms with E-state index in [1.807, 2.05) is 0 Å². The SMILES string of the molecule is O=C(CCN1C(=O)C=CC1=O)Nc1ccc(SCC2=C(C(=O)O)N3C(=O)C(NC(=O)CCN4C(=O)CCC4=O)[C@H]3SC2)cc1. The Bertz CT molecular complexity index is 1490. The lowest BCUT2D eigenvalue weighted by atomic mass is 10.0. The maximum absolute atomic E-state index is 12.9. The van der Waals surface area contributed by atoms with E-state index in [-0.39, 0.29) is 67.9 Å². The van der Waals surface area contributed by atoms with Gasteiger partial charge in [-0.15, -0.1) is 23.5 Å². The van der Waals surface area contributed by atoms with Crippen molar-refractivity contribution in [1.82, 2.24) is 20.0 Å². The summed E-state index contributed by atoms with van der Waals surface area (Å²) >= 11 is 2.70. The lowest BCUT2D eigenvalue weighted by Gasteiger charge is -2.49. The third-order valence-corrected chi connectivity index (χ3v) is 9.74. The number of rotatable bonds is 12. The molecule has 0 spiro atoms. The van der Waals surface area contributed by atoms with Gasteiger partial charge in [0.15, 0.2) is 0 Å². The van der Waals surface area contributed by atoms with Gasteiger partial charge in [0.05, 0.1) is 0 Å². The Morgan fingerprint density at radius 2 is 1.50 bits per heavy atom. The molecule has 3 N–H and O–H groups in total. The number of β-lactam (4-membered cyclic amide) rings is 1. The van der Waals surface area contributed by atoms with Crippen LogP contribution in [0.15, 0.2) is 52.6 Å². The average Bonchev–Trinajstić information content (AvgIpc) is 3.50. The Morgan fingerprint density at radius 3 is 2.14 bits per heavy atom. The fourth-order valence-corrected chi connectivity index (χ4v) is 7.40. The fraction of sp³-hybridized carbons (Fsp3) is 0.357. The number of hydrogen-bond donors (Lipinski definition) is 3. The standard InChI is InChI=1S/C28H27N5O9S2/c34-18(9-11-31-20(36)5-6-21(31)37)29-16-1-3-17(4-2-16)43-13-15-14-44-27-24(26(40)33(27)25(15)28(41)42)30-19(35)10-12-32-22(38)7-8-23(32)39/h1-6,24,27H,7-14H2,(H,29,34)(H,30,35)(H,41,42)/t24?,27-/m1/s1. The highest BCUT2D eigenvalue weighted by molar-refractivity contribution is 8.01. The van der Waals surface area contributed by atoms with Crippen LogP contribution in [0.5, 0.6) is 0 Å². The summed E-state index contributed by atoms with van der Waals surface area (Å²) in [5.41, 5.74) is 0.945. The van der Waals surface area contributed by atoms with E-state index in [9.17, 15) is 43.5 Å². The van der Waals surface area contributed by atoms with Crippen LogP contribution in [0, 0.1) is 0 Å². The van der Waals surface area contributed by atoms with Gasteiger partial charge in [0.2, 0.25) is 23.6 Å². The molecule has 4 aliphatic rings. The molecule has 0 saturated carbocycles. The average molecular weight is 642 g/mol. The quantitative estimate of drug-likeness (QED) is 0.162. The van der Waals surface area contributed by atoms with Crippen molar-refractivity contribution in [3.8, 4) is 0 Å². The topological polar surface area (TPSA) is 191 Å². The number of nitrogens with one attached hydrogen (secondary N) is 2. The highest BCUT2D eigenvalue weighted by Gasteiger charge is 2.54. The molecule has 7 amide bonds. The van der Waals surface area contributed by atoms with Crippen LogP contribution in [0.4, 0.5) is 5.69 Å². The van der Waals surface area contributed by atoms with E-state index in [1.165, 1.54) is 28.4 Å². The second kappa shape index (κ2) is 13.1. The maximum Gasteiger partial charge on any atom is 0.352 e. The zero-order valence-corrected chi connectivity index (χ0v) is 24.8. The molecule has 0 aromatic heterocycles. The lowest BCUT2D eigenvalue weighted by Crippen LogP contribution is -2.70. The number of anilines is 1. The minimum Gasteiger partial charge on any atom is -0.477 e. The molecule has 5 rings (SSSR count). The molecule has 1 unspecified atom stereocenters. The predicted octanol–water partition coefficient (Wildman–Crippen LogP) is 0.310. The van der Waals surface area contributed by atoms with Crippen molar-refractivity contribution in [3.05, 3.63) is 47.7 Å². The van der Waals surface area contributed by atoms with Crippen molar-refractivity contribution in [2.45, 2.75) is 42.0 Å². The zero-order valence-electron chi connectivity index (χ0n) is 23.1. The van der Waals surface area contributed by atoms with E-state index in [1.54, 1.807) is 24.3 Å². The third-order valence-electron chi connectivity index (χ3n) is 7.30. The van der Waals surface area contributed by atoms with E-state index in [0.29, 0.717) is 17.0 Å². The van der Waals surface area contributed by atoms with Gasteiger partial charge in [0.25, 0.3) is 17.7 Å². The molecule has 230 valence electrons. The minimum atomic E-state index is -1.25. The van der Waals surface area contributed by atoms with Gasteiger partial charge in [-0.3, -0.25) is 48.3 Å². The molecule has 0 radical (unpaired) electrons. The van der Waals surface area contributed by atoms with E-state index in [2.05, 4.69) is 10.6 Å². The number of carboxylic acid groups (broad SMARTS) is 1. The highest BCUT2D eigenvalue weighted by atomic mass is 32.2. The summed E-state index contributed by atoms with van der Waals surface area (Å²) in [7, 11) is 0. The summed E-state index contributed by atoms with van der Waals surface area (Å²) in [6.07, 6.45) is 2.35. The van der Waals surface area contributed by atoms with Crippen molar-refractivity contribution in [1.29, 1.82) is 0 Å². The van der Waals surface area contributed by atoms with Crippen LogP contribution in [-0.4, -0.2) is 103 Å². The largest absolute Gasteiger partial charge is 0.477 e. The smallest absolute Gasteiger partial charge is 0.352 e. The van der Waals surface area contributed by atoms with Crippen LogP contribution in [0.25, 0.3) is 0 Å². The van der Waals surface area contributed by atoms with E-state index < -0.39 is 41.0 Å². The molecule has 16 heteroatoms. The normalized spacial score (nSPS) is 21.2. The van der Waals surface area contributed by atoms with E-state index >= 15 is 0 Å². The van der Waals surface area contributed by atoms with Gasteiger partial charge in [0, 0.05) is 73.0 Å². The Labute approximate surface area is 259 Å². The first-order valence-electron chi connectivity index (χ1n) is 13.6. The molecule has 0 bridgehead atoms. The Balaban J connectivity index is 1.11. The second-order valence-electron chi connectivity index (χ2n) is 10.2. The van der Waals surface area contributed by atoms with Crippen LogP contribution >= 0.6 is 23.5 Å². The molecule has 4 heterocycles. The number of likely N-dealkylation sites (tertiary alicyclic amines) is 1. The first-order valence-corrected chi connectivity index (χ1v) is 15.7. The summed E-state index contributed by atoms with van der Waals surface area (Å²) < 4.78 is 0. The molecule has 2 atom stereocenters. The lowest BCUT2D eigenvalue weighted by molar-refractivity contribution is -0.150. The number of carbonyl (C=O) groups is 8. The van der Waals surface area contributed by atoms with Crippen molar-refractivity contribution in [3.63, 3.8) is 0 Å². The molecular weight excluding hydrogens is 614 g/mol. The van der Waals surface area contributed by atoms with Gasteiger partial charge in [-0.05, 0) is 29.8 Å². The van der Waals surface area contributed by atoms with Crippen LogP contribution in [-0.2, 0) is 38.4 Å². The zero-order chi connectivity index (χ0) is 31.5. The van der Waals surface area contributed by atoms with Gasteiger partial charge < -0.3 is 15.7 Å². The first-order chi connectivity index (χ1) is 21.0. The number of aliphatic carboxylic acids is 1. The van der Waals surface area contributed by atoms with Gasteiger partial charge in [-0.2, -0.15) is 0 Å². The number of imide groups is 2. The summed E-state index contributed by atoms with van der Waals surface area (Å²) in [4.78, 5) is 100. The first kappa shape index (κ1) is 31.0. The molecule has 1 aromatic carbocycles. The number of amides is 7. The van der Waals surface area contributed by atoms with Gasteiger partial charge >= 0.3 is 5.97 Å². The van der Waals surface area contributed by atoms with Crippen molar-refractivity contribution >= 4 is 76.5 Å². The Kier molecular flexibility index (Phi) is 9.20. The minimum absolute atomic E-state index is 0.0277. The van der Waals surface area contributed by atoms with Crippen molar-refractivity contribution in [2.75, 3.05) is 29.9 Å². The maximum atomic E-state index is 12.9. The van der Waals surface area contributed by atoms with Crippen LogP contribution in [0.2, 0.25) is 0 Å². The number of carbonyl (C=O) groups excluding carboxylic acids is 7. The number of nitrogens with zero attached hydrogens (tertiary/aromatic N) is 3. The summed E-state index contributed by atoms with van der Waals surface area (Å²) in [5, 5.41) is 14.7. The molecule has 4 aliphatic heterocycles. The second-order valence-corrected chi connectivity index (χ2v) is 12.3. The van der Waals surface area contributed by atoms with Crippen molar-refractivity contribution < 1.29 is 43.5 Å². The molecule has 1 aromatic rings. The fourth-order valence-electron chi connectivity index (χ4n) is 5.02. The Morgan fingerprint density at radius 1 is 0.886 bits per heavy atom. The number of thioether (sulfide) groups is 2. The highest BCUT2D eigenvalue weighted by Crippen LogP contribution is 2.41. The van der Waals surface area contributed by atoms with Crippen LogP contribution in [0.3, 0.4) is 0 Å². The van der Waals surface area contributed by atoms with E-state index in [0.717, 1.165) is 26.8 Å². The van der Waals surface area contributed by atoms with E-state index in [4.69, 9.17) is 0 Å². The van der Waals surface area contributed by atoms with Crippen LogP contribution in [0.1, 0.15) is 25.7 Å². The van der Waals surface area contributed by atoms with Gasteiger partial charge in [-0.1, -0.05) is 0 Å². The Hall–Kier alpha value is -4.44. The van der Waals surface area contributed by atoms with Crippen molar-refractivity contribution in [2.24, 2.45) is 0 Å². The van der Waals surface area contributed by atoms with Gasteiger partial charge in [0.1, 0.15) is 17.1 Å². The number of benzene rings is 1. The summed E-state index contributed by atoms with van der Waals surface area (Å²) in [6.45, 7) is -0.0953. The number of hydrogen-bond acceptors (Lipinski definition) is 10. The molecule has 14 nitrogen and oxygen atoms in total. The molecule has 0 aliphatic carbocycles. The molecule has 2 saturated heterocycles. The summed E-state index contributed by atoms with van der Waals surface area (Å²) in [5.74, 6) is -3.62. The van der Waals surface area contributed by atoms with Crippen LogP contribution < -0.4 is 10.6 Å². The molecular formula is C28H27N5O9S2. The molecule has 2 fully saturated rings. The third kappa shape index (κ3) is 6.55. The summed E-state index contributed by atoms with van der Waals surface area (Å²) in [6, 6.07) is 5.95. The molecule has 44 heavy (non-hydrogen) atoms. The number of fused-ring (bicyclic) bond motifs is 1. The predicted molar refractivity (Wildman–Crippen MR) is 157 cm³/mol.